The molecule has 7 nitrogen and oxygen atoms in total. The summed E-state index contributed by atoms with van der Waals surface area (Å²) >= 11 is 5.75. The van der Waals surface area contributed by atoms with E-state index in [4.69, 9.17) is 16.3 Å². The van der Waals surface area contributed by atoms with Crippen LogP contribution in [0.25, 0.3) is 0 Å². The maximum atomic E-state index is 12.1. The van der Waals surface area contributed by atoms with Gasteiger partial charge in [-0.3, -0.25) is 14.9 Å². The first-order valence-corrected chi connectivity index (χ1v) is 7.41. The highest BCUT2D eigenvalue weighted by Gasteiger charge is 2.13. The van der Waals surface area contributed by atoms with Crippen molar-refractivity contribution in [3.8, 4) is 5.75 Å². The third kappa shape index (κ3) is 4.36. The summed E-state index contributed by atoms with van der Waals surface area (Å²) in [6.45, 7) is 1.84. The van der Waals surface area contributed by atoms with Gasteiger partial charge in [-0.1, -0.05) is 17.7 Å². The minimum absolute atomic E-state index is 0.0412. The van der Waals surface area contributed by atoms with E-state index in [9.17, 15) is 14.9 Å². The van der Waals surface area contributed by atoms with Crippen LogP contribution in [0.4, 0.5) is 17.1 Å². The normalized spacial score (nSPS) is 10.1. The molecule has 0 radical (unpaired) electrons. The van der Waals surface area contributed by atoms with E-state index < -0.39 is 4.92 Å². The standard InChI is InChI=1S/C16H16ClN3O4/c1-10-3-6-15(24-2)13(7-10)19-16(21)9-18-11-4-5-12(17)14(8-11)20(22)23/h3-8,18H,9H2,1-2H3,(H,19,21). The van der Waals surface area contributed by atoms with Crippen LogP contribution in [-0.4, -0.2) is 24.5 Å². The summed E-state index contributed by atoms with van der Waals surface area (Å²) in [6.07, 6.45) is 0. The van der Waals surface area contributed by atoms with E-state index in [1.54, 1.807) is 18.2 Å². The van der Waals surface area contributed by atoms with Gasteiger partial charge in [-0.25, -0.2) is 0 Å². The molecule has 126 valence electrons. The molecule has 0 heterocycles. The fraction of sp³-hybridized carbons (Fsp3) is 0.188. The highest BCUT2D eigenvalue weighted by atomic mass is 35.5. The predicted molar refractivity (Wildman–Crippen MR) is 93.0 cm³/mol. The molecule has 2 aromatic carbocycles. The van der Waals surface area contributed by atoms with Crippen molar-refractivity contribution in [1.82, 2.24) is 0 Å². The molecule has 0 unspecified atom stereocenters. The smallest absolute Gasteiger partial charge is 0.289 e. The van der Waals surface area contributed by atoms with E-state index in [0.717, 1.165) is 5.56 Å². The molecule has 0 bridgehead atoms. The van der Waals surface area contributed by atoms with Crippen molar-refractivity contribution in [2.24, 2.45) is 0 Å². The van der Waals surface area contributed by atoms with Crippen LogP contribution in [0.5, 0.6) is 5.75 Å². The Kier molecular flexibility index (Phi) is 5.59. The van der Waals surface area contributed by atoms with Crippen molar-refractivity contribution in [3.05, 3.63) is 57.1 Å². The van der Waals surface area contributed by atoms with Crippen molar-refractivity contribution >= 4 is 34.6 Å². The fourth-order valence-corrected chi connectivity index (χ4v) is 2.25. The van der Waals surface area contributed by atoms with E-state index in [0.29, 0.717) is 17.1 Å². The van der Waals surface area contributed by atoms with Gasteiger partial charge in [0.05, 0.1) is 24.3 Å². The number of nitro benzene ring substituents is 1. The summed E-state index contributed by atoms with van der Waals surface area (Å²) < 4.78 is 5.19. The molecular weight excluding hydrogens is 334 g/mol. The topological polar surface area (TPSA) is 93.5 Å². The Morgan fingerprint density at radius 1 is 1.29 bits per heavy atom. The molecule has 0 saturated carbocycles. The number of carbonyl (C=O) groups excluding carboxylic acids is 1. The number of methoxy groups -OCH3 is 1. The van der Waals surface area contributed by atoms with Gasteiger partial charge in [-0.05, 0) is 36.8 Å². The zero-order valence-corrected chi connectivity index (χ0v) is 13.9. The van der Waals surface area contributed by atoms with Crippen molar-refractivity contribution in [3.63, 3.8) is 0 Å². The Balaban J connectivity index is 2.03. The number of nitrogens with one attached hydrogen (secondary N) is 2. The molecule has 24 heavy (non-hydrogen) atoms. The van der Waals surface area contributed by atoms with Gasteiger partial charge in [-0.2, -0.15) is 0 Å². The summed E-state index contributed by atoms with van der Waals surface area (Å²) in [5.41, 5.74) is 1.75. The van der Waals surface area contributed by atoms with Crippen LogP contribution in [0.15, 0.2) is 36.4 Å². The fourth-order valence-electron chi connectivity index (χ4n) is 2.06. The van der Waals surface area contributed by atoms with Gasteiger partial charge in [0.2, 0.25) is 5.91 Å². The molecule has 8 heteroatoms. The summed E-state index contributed by atoms with van der Waals surface area (Å²) in [5.74, 6) is 0.243. The van der Waals surface area contributed by atoms with E-state index in [1.807, 2.05) is 13.0 Å². The van der Waals surface area contributed by atoms with Crippen molar-refractivity contribution in [2.45, 2.75) is 6.92 Å². The van der Waals surface area contributed by atoms with Gasteiger partial charge >= 0.3 is 0 Å². The minimum atomic E-state index is -0.578. The van der Waals surface area contributed by atoms with Crippen molar-refractivity contribution < 1.29 is 14.5 Å². The Labute approximate surface area is 143 Å². The van der Waals surface area contributed by atoms with E-state index in [2.05, 4.69) is 10.6 Å². The lowest BCUT2D eigenvalue weighted by atomic mass is 10.2. The first-order valence-electron chi connectivity index (χ1n) is 7.03. The molecule has 0 aliphatic rings. The lowest BCUT2D eigenvalue weighted by Crippen LogP contribution is -2.22. The van der Waals surface area contributed by atoms with Crippen molar-refractivity contribution in [2.75, 3.05) is 24.3 Å². The lowest BCUT2D eigenvalue weighted by molar-refractivity contribution is -0.384. The van der Waals surface area contributed by atoms with E-state index in [1.165, 1.54) is 19.2 Å². The summed E-state index contributed by atoms with van der Waals surface area (Å²) in [4.78, 5) is 22.3. The third-order valence-corrected chi connectivity index (χ3v) is 3.54. The Hall–Kier alpha value is -2.80. The SMILES string of the molecule is COc1ccc(C)cc1NC(=O)CNc1ccc(Cl)c([N+](=O)[O-])c1. The number of benzene rings is 2. The summed E-state index contributed by atoms with van der Waals surface area (Å²) in [6, 6.07) is 9.69. The van der Waals surface area contributed by atoms with Gasteiger partial charge in [0.1, 0.15) is 10.8 Å². The number of halogens is 1. The number of nitro groups is 1. The highest BCUT2D eigenvalue weighted by Crippen LogP contribution is 2.27. The van der Waals surface area contributed by atoms with Crippen LogP contribution in [0.1, 0.15) is 5.56 Å². The summed E-state index contributed by atoms with van der Waals surface area (Å²) in [5, 5.41) is 16.5. The zero-order valence-electron chi connectivity index (χ0n) is 13.1. The molecule has 0 aromatic heterocycles. The number of carbonyl (C=O) groups is 1. The Morgan fingerprint density at radius 3 is 2.71 bits per heavy atom. The Morgan fingerprint density at radius 2 is 2.04 bits per heavy atom. The van der Waals surface area contributed by atoms with Gasteiger partial charge in [0.15, 0.2) is 0 Å². The van der Waals surface area contributed by atoms with E-state index >= 15 is 0 Å². The van der Waals surface area contributed by atoms with Crippen molar-refractivity contribution in [1.29, 1.82) is 0 Å². The zero-order chi connectivity index (χ0) is 17.7. The molecule has 0 aliphatic heterocycles. The van der Waals surface area contributed by atoms with Crippen LogP contribution in [0, 0.1) is 17.0 Å². The number of aryl methyl sites for hydroxylation is 1. The van der Waals surface area contributed by atoms with Crippen LogP contribution in [0.3, 0.4) is 0 Å². The van der Waals surface area contributed by atoms with E-state index in [-0.39, 0.29) is 23.2 Å². The number of amides is 1. The molecular formula is C16H16ClN3O4. The molecule has 2 N–H and O–H groups in total. The first-order chi connectivity index (χ1) is 11.4. The first kappa shape index (κ1) is 17.6. The molecule has 0 spiro atoms. The largest absolute Gasteiger partial charge is 0.495 e. The number of hydrogen-bond donors (Lipinski definition) is 2. The van der Waals surface area contributed by atoms with Crippen LogP contribution in [0.2, 0.25) is 5.02 Å². The van der Waals surface area contributed by atoms with Gasteiger partial charge in [0, 0.05) is 11.8 Å². The predicted octanol–water partition coefficient (Wildman–Crippen LogP) is 3.62. The molecule has 0 atom stereocenters. The highest BCUT2D eigenvalue weighted by molar-refractivity contribution is 6.32. The maximum Gasteiger partial charge on any atom is 0.289 e. The molecule has 2 aromatic rings. The van der Waals surface area contributed by atoms with Crippen LogP contribution in [-0.2, 0) is 4.79 Å². The lowest BCUT2D eigenvalue weighted by Gasteiger charge is -2.12. The molecule has 0 saturated heterocycles. The monoisotopic (exact) mass is 349 g/mol. The second kappa shape index (κ2) is 7.65. The number of rotatable bonds is 6. The molecule has 1 amide bonds. The van der Waals surface area contributed by atoms with Gasteiger partial charge in [0.25, 0.3) is 5.69 Å². The number of ether oxygens (including phenoxy) is 1. The van der Waals surface area contributed by atoms with Gasteiger partial charge < -0.3 is 15.4 Å². The molecule has 2 rings (SSSR count). The summed E-state index contributed by atoms with van der Waals surface area (Å²) in [7, 11) is 1.52. The minimum Gasteiger partial charge on any atom is -0.495 e. The van der Waals surface area contributed by atoms with Crippen LogP contribution >= 0.6 is 11.6 Å². The Bertz CT molecular complexity index is 780. The van der Waals surface area contributed by atoms with Crippen LogP contribution < -0.4 is 15.4 Å². The average Bonchev–Trinajstić information content (AvgIpc) is 2.54. The number of anilines is 2. The van der Waals surface area contributed by atoms with Gasteiger partial charge in [-0.15, -0.1) is 0 Å². The quantitative estimate of drug-likeness (QED) is 0.613. The maximum absolute atomic E-state index is 12.1. The number of hydrogen-bond acceptors (Lipinski definition) is 5. The second-order valence-electron chi connectivity index (χ2n) is 5.03. The molecule has 0 fully saturated rings. The average molecular weight is 350 g/mol. The second-order valence-corrected chi connectivity index (χ2v) is 5.44. The molecule has 0 aliphatic carbocycles. The third-order valence-electron chi connectivity index (χ3n) is 3.22. The number of nitrogens with zero attached hydrogens (tertiary/aromatic N) is 1.